The van der Waals surface area contributed by atoms with Crippen molar-refractivity contribution in [2.24, 2.45) is 22.8 Å². The number of carbonyl (C=O) groups is 2. The standard InChI is InChI=1S/C13H26N4O2/c1-13(2,3)10(14)11(18)17-6-4-5-9(8-17)7-16-12(15)19/h9-10H,4-8,14H2,1-3H3,(H3,15,16,19)/t9?,10-/m0/s1. The summed E-state index contributed by atoms with van der Waals surface area (Å²) in [5, 5.41) is 2.60. The van der Waals surface area contributed by atoms with Gasteiger partial charge in [0.2, 0.25) is 5.91 Å². The fraction of sp³-hybridized carbons (Fsp3) is 0.846. The van der Waals surface area contributed by atoms with Crippen LogP contribution in [0.2, 0.25) is 0 Å². The maximum absolute atomic E-state index is 12.3. The van der Waals surface area contributed by atoms with Crippen molar-refractivity contribution in [3.63, 3.8) is 0 Å². The lowest BCUT2D eigenvalue weighted by molar-refractivity contribution is -0.136. The highest BCUT2D eigenvalue weighted by molar-refractivity contribution is 5.82. The molecule has 1 heterocycles. The Balaban J connectivity index is 2.54. The third kappa shape index (κ3) is 4.70. The maximum Gasteiger partial charge on any atom is 0.312 e. The number of urea groups is 1. The average Bonchev–Trinajstić information content (AvgIpc) is 2.33. The molecule has 0 spiro atoms. The number of likely N-dealkylation sites (tertiary alicyclic amines) is 1. The number of nitrogens with one attached hydrogen (secondary N) is 1. The summed E-state index contributed by atoms with van der Waals surface area (Å²) in [4.78, 5) is 24.8. The highest BCUT2D eigenvalue weighted by atomic mass is 16.2. The second kappa shape index (κ2) is 6.23. The van der Waals surface area contributed by atoms with Gasteiger partial charge in [-0.05, 0) is 24.2 Å². The van der Waals surface area contributed by atoms with Gasteiger partial charge in [-0.15, -0.1) is 0 Å². The lowest BCUT2D eigenvalue weighted by Crippen LogP contribution is -2.53. The van der Waals surface area contributed by atoms with Crippen LogP contribution < -0.4 is 16.8 Å². The number of amides is 3. The van der Waals surface area contributed by atoms with Gasteiger partial charge in [0.1, 0.15) is 0 Å². The van der Waals surface area contributed by atoms with E-state index < -0.39 is 12.1 Å². The number of carbonyl (C=O) groups excluding carboxylic acids is 2. The van der Waals surface area contributed by atoms with E-state index in [1.54, 1.807) is 0 Å². The van der Waals surface area contributed by atoms with Crippen LogP contribution in [0.5, 0.6) is 0 Å². The monoisotopic (exact) mass is 270 g/mol. The number of piperidine rings is 1. The quantitative estimate of drug-likeness (QED) is 0.686. The van der Waals surface area contributed by atoms with Crippen molar-refractivity contribution in [3.05, 3.63) is 0 Å². The molecule has 6 nitrogen and oxygen atoms in total. The first-order valence-electron chi connectivity index (χ1n) is 6.79. The lowest BCUT2D eigenvalue weighted by atomic mass is 9.86. The molecule has 3 amide bonds. The van der Waals surface area contributed by atoms with E-state index in [2.05, 4.69) is 5.32 Å². The Hall–Kier alpha value is -1.30. The van der Waals surface area contributed by atoms with Crippen molar-refractivity contribution >= 4 is 11.9 Å². The summed E-state index contributed by atoms with van der Waals surface area (Å²) >= 11 is 0. The van der Waals surface area contributed by atoms with Crippen LogP contribution in [0.3, 0.4) is 0 Å². The zero-order valence-corrected chi connectivity index (χ0v) is 12.1. The minimum Gasteiger partial charge on any atom is -0.352 e. The first-order valence-corrected chi connectivity index (χ1v) is 6.79. The first kappa shape index (κ1) is 15.8. The van der Waals surface area contributed by atoms with Gasteiger partial charge in [0.05, 0.1) is 6.04 Å². The Bertz CT molecular complexity index is 338. The van der Waals surface area contributed by atoms with Crippen LogP contribution in [-0.2, 0) is 4.79 Å². The Labute approximate surface area is 114 Å². The van der Waals surface area contributed by atoms with Crippen molar-refractivity contribution in [3.8, 4) is 0 Å². The van der Waals surface area contributed by atoms with Crippen LogP contribution in [0.1, 0.15) is 33.6 Å². The zero-order chi connectivity index (χ0) is 14.6. The molecule has 0 aromatic heterocycles. The van der Waals surface area contributed by atoms with Crippen LogP contribution in [0, 0.1) is 11.3 Å². The van der Waals surface area contributed by atoms with Gasteiger partial charge in [-0.25, -0.2) is 4.79 Å². The lowest BCUT2D eigenvalue weighted by Gasteiger charge is -2.37. The number of nitrogens with two attached hydrogens (primary N) is 2. The number of hydrogen-bond donors (Lipinski definition) is 3. The van der Waals surface area contributed by atoms with Gasteiger partial charge < -0.3 is 21.7 Å². The summed E-state index contributed by atoms with van der Waals surface area (Å²) in [5.41, 5.74) is 10.8. The van der Waals surface area contributed by atoms with Gasteiger partial charge in [0, 0.05) is 19.6 Å². The summed E-state index contributed by atoms with van der Waals surface area (Å²) in [6, 6.07) is -1.01. The van der Waals surface area contributed by atoms with Gasteiger partial charge in [-0.3, -0.25) is 4.79 Å². The molecule has 1 fully saturated rings. The molecular weight excluding hydrogens is 244 g/mol. The Kier molecular flexibility index (Phi) is 5.17. The van der Waals surface area contributed by atoms with Crippen LogP contribution in [0.4, 0.5) is 4.79 Å². The van der Waals surface area contributed by atoms with Crippen LogP contribution in [0.15, 0.2) is 0 Å². The minimum absolute atomic E-state index is 0.00345. The molecule has 110 valence electrons. The minimum atomic E-state index is -0.519. The van der Waals surface area contributed by atoms with Gasteiger partial charge in [-0.1, -0.05) is 20.8 Å². The van der Waals surface area contributed by atoms with E-state index >= 15 is 0 Å². The number of rotatable bonds is 3. The van der Waals surface area contributed by atoms with Gasteiger partial charge in [0.25, 0.3) is 0 Å². The Morgan fingerprint density at radius 3 is 2.58 bits per heavy atom. The molecule has 2 atom stereocenters. The molecule has 5 N–H and O–H groups in total. The summed E-state index contributed by atoms with van der Waals surface area (Å²) < 4.78 is 0. The zero-order valence-electron chi connectivity index (χ0n) is 12.1. The third-order valence-corrected chi connectivity index (χ3v) is 3.59. The Morgan fingerprint density at radius 1 is 1.42 bits per heavy atom. The fourth-order valence-electron chi connectivity index (χ4n) is 2.24. The number of primary amides is 1. The predicted octanol–water partition coefficient (Wildman–Crippen LogP) is 0.267. The summed E-state index contributed by atoms with van der Waals surface area (Å²) in [7, 11) is 0. The highest BCUT2D eigenvalue weighted by Crippen LogP contribution is 2.22. The number of hydrogen-bond acceptors (Lipinski definition) is 3. The topological polar surface area (TPSA) is 101 Å². The molecule has 0 aromatic carbocycles. The van der Waals surface area contributed by atoms with E-state index in [0.29, 0.717) is 13.1 Å². The van der Waals surface area contributed by atoms with Crippen molar-refractivity contribution < 1.29 is 9.59 Å². The van der Waals surface area contributed by atoms with Crippen molar-refractivity contribution in [2.75, 3.05) is 19.6 Å². The molecule has 1 aliphatic rings. The summed E-state index contributed by atoms with van der Waals surface area (Å²) in [6.45, 7) is 7.80. The predicted molar refractivity (Wildman–Crippen MR) is 74.3 cm³/mol. The largest absolute Gasteiger partial charge is 0.352 e. The Morgan fingerprint density at radius 2 is 2.05 bits per heavy atom. The second-order valence-corrected chi connectivity index (χ2v) is 6.38. The normalized spacial score (nSPS) is 21.9. The molecule has 0 bridgehead atoms. The van der Waals surface area contributed by atoms with E-state index in [1.807, 2.05) is 25.7 Å². The van der Waals surface area contributed by atoms with E-state index in [9.17, 15) is 9.59 Å². The van der Waals surface area contributed by atoms with Crippen molar-refractivity contribution in [2.45, 2.75) is 39.7 Å². The molecule has 6 heteroatoms. The SMILES string of the molecule is CC(C)(C)[C@@H](N)C(=O)N1CCCC(CNC(N)=O)C1. The molecule has 1 saturated heterocycles. The van der Waals surface area contributed by atoms with E-state index in [4.69, 9.17) is 11.5 Å². The van der Waals surface area contributed by atoms with Crippen molar-refractivity contribution in [1.29, 1.82) is 0 Å². The highest BCUT2D eigenvalue weighted by Gasteiger charge is 2.33. The molecule has 1 unspecified atom stereocenters. The van der Waals surface area contributed by atoms with Crippen LogP contribution >= 0.6 is 0 Å². The fourth-order valence-corrected chi connectivity index (χ4v) is 2.24. The van der Waals surface area contributed by atoms with Gasteiger partial charge in [-0.2, -0.15) is 0 Å². The second-order valence-electron chi connectivity index (χ2n) is 6.38. The third-order valence-electron chi connectivity index (χ3n) is 3.59. The van der Waals surface area contributed by atoms with E-state index in [1.165, 1.54) is 0 Å². The van der Waals surface area contributed by atoms with Crippen LogP contribution in [0.25, 0.3) is 0 Å². The molecule has 0 aliphatic carbocycles. The molecular formula is C13H26N4O2. The summed E-state index contributed by atoms with van der Waals surface area (Å²) in [5.74, 6) is 0.258. The van der Waals surface area contributed by atoms with E-state index in [0.717, 1.165) is 19.4 Å². The molecule has 0 aromatic rings. The van der Waals surface area contributed by atoms with Gasteiger partial charge >= 0.3 is 6.03 Å². The molecule has 1 aliphatic heterocycles. The van der Waals surface area contributed by atoms with Crippen molar-refractivity contribution in [1.82, 2.24) is 10.2 Å². The van der Waals surface area contributed by atoms with E-state index in [-0.39, 0.29) is 17.2 Å². The molecule has 0 radical (unpaired) electrons. The smallest absolute Gasteiger partial charge is 0.312 e. The average molecular weight is 270 g/mol. The van der Waals surface area contributed by atoms with Crippen LogP contribution in [-0.4, -0.2) is 42.5 Å². The molecule has 19 heavy (non-hydrogen) atoms. The maximum atomic E-state index is 12.3. The van der Waals surface area contributed by atoms with Gasteiger partial charge in [0.15, 0.2) is 0 Å². The molecule has 0 saturated carbocycles. The summed E-state index contributed by atoms with van der Waals surface area (Å²) in [6.07, 6.45) is 1.93. The first-order chi connectivity index (χ1) is 8.71. The molecule has 1 rings (SSSR count). The number of nitrogens with zero attached hydrogens (tertiary/aromatic N) is 1.